The van der Waals surface area contributed by atoms with Gasteiger partial charge in [-0.25, -0.2) is 0 Å². The molecule has 5 heteroatoms. The molecule has 0 unspecified atom stereocenters. The number of carboxylic acids is 1. The van der Waals surface area contributed by atoms with Crippen LogP contribution in [0.5, 0.6) is 0 Å². The molecular formula is C11H12INO3. The third-order valence-corrected chi connectivity index (χ3v) is 3.04. The highest BCUT2D eigenvalue weighted by atomic mass is 127. The molecule has 0 bridgehead atoms. The lowest BCUT2D eigenvalue weighted by atomic mass is 10.2. The van der Waals surface area contributed by atoms with Crippen LogP contribution in [0, 0.1) is 3.57 Å². The van der Waals surface area contributed by atoms with Crippen molar-refractivity contribution in [1.82, 2.24) is 4.90 Å². The molecule has 0 saturated carbocycles. The smallest absolute Gasteiger partial charge is 0.323 e. The fraction of sp³-hybridized carbons (Fsp3) is 0.273. The second-order valence-electron chi connectivity index (χ2n) is 3.19. The minimum atomic E-state index is -0.999. The van der Waals surface area contributed by atoms with E-state index in [1.165, 1.54) is 4.90 Å². The van der Waals surface area contributed by atoms with Gasteiger partial charge in [0.25, 0.3) is 5.91 Å². The number of benzene rings is 1. The Kier molecular flexibility index (Phi) is 4.72. The van der Waals surface area contributed by atoms with E-state index in [1.807, 2.05) is 12.1 Å². The van der Waals surface area contributed by atoms with Crippen molar-refractivity contribution in [1.29, 1.82) is 0 Å². The van der Waals surface area contributed by atoms with Crippen LogP contribution in [0.1, 0.15) is 17.3 Å². The summed E-state index contributed by atoms with van der Waals surface area (Å²) in [4.78, 5) is 23.9. The van der Waals surface area contributed by atoms with Gasteiger partial charge in [0.15, 0.2) is 0 Å². The topological polar surface area (TPSA) is 57.6 Å². The minimum absolute atomic E-state index is 0.241. The molecule has 4 nitrogen and oxygen atoms in total. The van der Waals surface area contributed by atoms with Crippen molar-refractivity contribution >= 4 is 34.5 Å². The van der Waals surface area contributed by atoms with E-state index in [-0.39, 0.29) is 12.5 Å². The van der Waals surface area contributed by atoms with E-state index in [4.69, 9.17) is 5.11 Å². The molecule has 0 aliphatic carbocycles. The number of hydrogen-bond donors (Lipinski definition) is 1. The van der Waals surface area contributed by atoms with Crippen molar-refractivity contribution in [2.45, 2.75) is 6.92 Å². The van der Waals surface area contributed by atoms with Gasteiger partial charge < -0.3 is 10.0 Å². The van der Waals surface area contributed by atoms with Crippen LogP contribution in [-0.2, 0) is 4.79 Å². The van der Waals surface area contributed by atoms with Gasteiger partial charge in [-0.2, -0.15) is 0 Å². The summed E-state index contributed by atoms with van der Waals surface area (Å²) in [6.45, 7) is 1.88. The van der Waals surface area contributed by atoms with Gasteiger partial charge in [-0.3, -0.25) is 9.59 Å². The second kappa shape index (κ2) is 5.83. The summed E-state index contributed by atoms with van der Waals surface area (Å²) in [5.41, 5.74) is 0.547. The predicted octanol–water partition coefficient (Wildman–Crippen LogP) is 1.84. The zero-order valence-corrected chi connectivity index (χ0v) is 11.0. The maximum Gasteiger partial charge on any atom is 0.323 e. The van der Waals surface area contributed by atoms with Crippen LogP contribution in [0.4, 0.5) is 0 Å². The van der Waals surface area contributed by atoms with Crippen LogP contribution in [0.3, 0.4) is 0 Å². The number of carbonyl (C=O) groups is 2. The highest BCUT2D eigenvalue weighted by molar-refractivity contribution is 14.1. The number of halogens is 1. The minimum Gasteiger partial charge on any atom is -0.480 e. The molecule has 86 valence electrons. The first-order valence-electron chi connectivity index (χ1n) is 4.81. The molecule has 0 saturated heterocycles. The van der Waals surface area contributed by atoms with Gasteiger partial charge in [-0.1, -0.05) is 12.1 Å². The van der Waals surface area contributed by atoms with E-state index in [0.717, 1.165) is 3.57 Å². The zero-order valence-electron chi connectivity index (χ0n) is 8.81. The van der Waals surface area contributed by atoms with Gasteiger partial charge in [0.2, 0.25) is 0 Å². The van der Waals surface area contributed by atoms with E-state index < -0.39 is 5.97 Å². The third kappa shape index (κ3) is 3.19. The van der Waals surface area contributed by atoms with Gasteiger partial charge >= 0.3 is 5.97 Å². The SMILES string of the molecule is CCN(CC(=O)O)C(=O)c1ccccc1I. The number of carbonyl (C=O) groups excluding carboxylic acids is 1. The molecule has 0 aliphatic heterocycles. The fourth-order valence-corrected chi connectivity index (χ4v) is 1.91. The Morgan fingerprint density at radius 2 is 2.00 bits per heavy atom. The van der Waals surface area contributed by atoms with Crippen molar-refractivity contribution in [2.24, 2.45) is 0 Å². The Morgan fingerprint density at radius 3 is 2.50 bits per heavy atom. The summed E-state index contributed by atoms with van der Waals surface area (Å²) in [6, 6.07) is 7.13. The molecular weight excluding hydrogens is 321 g/mol. The molecule has 1 aromatic rings. The number of amides is 1. The molecule has 0 aromatic heterocycles. The third-order valence-electron chi connectivity index (χ3n) is 2.10. The van der Waals surface area contributed by atoms with Crippen molar-refractivity contribution in [3.8, 4) is 0 Å². The second-order valence-corrected chi connectivity index (χ2v) is 4.36. The van der Waals surface area contributed by atoms with Crippen molar-refractivity contribution < 1.29 is 14.7 Å². The number of nitrogens with zero attached hydrogens (tertiary/aromatic N) is 1. The van der Waals surface area contributed by atoms with E-state index in [9.17, 15) is 9.59 Å². The Bertz CT molecular complexity index is 406. The van der Waals surface area contributed by atoms with Gasteiger partial charge in [0, 0.05) is 10.1 Å². The Morgan fingerprint density at radius 1 is 1.38 bits per heavy atom. The molecule has 0 spiro atoms. The maximum atomic E-state index is 12.0. The van der Waals surface area contributed by atoms with Crippen LogP contribution in [0.25, 0.3) is 0 Å². The fourth-order valence-electron chi connectivity index (χ4n) is 1.30. The van der Waals surface area contributed by atoms with Crippen LogP contribution in [0.2, 0.25) is 0 Å². The van der Waals surface area contributed by atoms with Gasteiger partial charge in [-0.15, -0.1) is 0 Å². The molecule has 0 atom stereocenters. The van der Waals surface area contributed by atoms with Crippen LogP contribution >= 0.6 is 22.6 Å². The molecule has 1 N–H and O–H groups in total. The highest BCUT2D eigenvalue weighted by Crippen LogP contribution is 2.13. The van der Waals surface area contributed by atoms with Crippen molar-refractivity contribution in [3.05, 3.63) is 33.4 Å². The quantitative estimate of drug-likeness (QED) is 0.856. The Hall–Kier alpha value is -1.11. The molecule has 16 heavy (non-hydrogen) atoms. The van der Waals surface area contributed by atoms with Crippen molar-refractivity contribution in [3.63, 3.8) is 0 Å². The number of carboxylic acid groups (broad SMARTS) is 1. The summed E-state index contributed by atoms with van der Waals surface area (Å²) in [6.07, 6.45) is 0. The maximum absolute atomic E-state index is 12.0. The van der Waals surface area contributed by atoms with E-state index in [2.05, 4.69) is 22.6 Å². The highest BCUT2D eigenvalue weighted by Gasteiger charge is 2.18. The summed E-state index contributed by atoms with van der Waals surface area (Å²) >= 11 is 2.06. The van der Waals surface area contributed by atoms with E-state index >= 15 is 0 Å². The normalized spacial score (nSPS) is 9.88. The summed E-state index contributed by atoms with van der Waals surface area (Å²) in [5, 5.41) is 8.68. The molecule has 1 aromatic carbocycles. The largest absolute Gasteiger partial charge is 0.480 e. The predicted molar refractivity (Wildman–Crippen MR) is 68.4 cm³/mol. The summed E-state index contributed by atoms with van der Waals surface area (Å²) < 4.78 is 0.828. The standard InChI is InChI=1S/C11H12INO3/c1-2-13(7-10(14)15)11(16)8-5-3-4-6-9(8)12/h3-6H,2,7H2,1H3,(H,14,15). The lowest BCUT2D eigenvalue weighted by Gasteiger charge is -2.19. The van der Waals surface area contributed by atoms with Crippen LogP contribution < -0.4 is 0 Å². The average Bonchev–Trinajstić information content (AvgIpc) is 2.25. The summed E-state index contributed by atoms with van der Waals surface area (Å²) in [5.74, 6) is -1.24. The Balaban J connectivity index is 2.91. The molecule has 0 heterocycles. The zero-order chi connectivity index (χ0) is 12.1. The summed E-state index contributed by atoms with van der Waals surface area (Å²) in [7, 11) is 0. The number of aliphatic carboxylic acids is 1. The molecule has 0 fully saturated rings. The first-order chi connectivity index (χ1) is 7.56. The molecule has 0 aliphatic rings. The monoisotopic (exact) mass is 333 g/mol. The number of hydrogen-bond acceptors (Lipinski definition) is 2. The van der Waals surface area contributed by atoms with Gasteiger partial charge in [0.1, 0.15) is 6.54 Å². The first kappa shape index (κ1) is 13.0. The van der Waals surface area contributed by atoms with Gasteiger partial charge in [0.05, 0.1) is 5.56 Å². The molecule has 1 rings (SSSR count). The lowest BCUT2D eigenvalue weighted by molar-refractivity contribution is -0.137. The van der Waals surface area contributed by atoms with E-state index in [1.54, 1.807) is 19.1 Å². The first-order valence-corrected chi connectivity index (χ1v) is 5.89. The van der Waals surface area contributed by atoms with Gasteiger partial charge in [-0.05, 0) is 41.6 Å². The molecule has 0 radical (unpaired) electrons. The molecule has 1 amide bonds. The lowest BCUT2D eigenvalue weighted by Crippen LogP contribution is -2.35. The number of rotatable bonds is 4. The van der Waals surface area contributed by atoms with Crippen molar-refractivity contribution in [2.75, 3.05) is 13.1 Å². The number of likely N-dealkylation sites (N-methyl/N-ethyl adjacent to an activating group) is 1. The Labute approximate surface area is 107 Å². The van der Waals surface area contributed by atoms with E-state index in [0.29, 0.717) is 12.1 Å². The van der Waals surface area contributed by atoms with Crippen LogP contribution in [-0.4, -0.2) is 35.0 Å². The van der Waals surface area contributed by atoms with Crippen LogP contribution in [0.15, 0.2) is 24.3 Å². The average molecular weight is 333 g/mol.